The Labute approximate surface area is 258 Å². The molecule has 1 aromatic carbocycles. The molecule has 1 spiro atoms. The molecule has 0 bridgehead atoms. The molecule has 5 fully saturated rings. The summed E-state index contributed by atoms with van der Waals surface area (Å²) in [5.74, 6) is 1.51. The number of ether oxygens (including phenoxy) is 3. The Morgan fingerprint density at radius 1 is 1.07 bits per heavy atom. The summed E-state index contributed by atoms with van der Waals surface area (Å²) in [6, 6.07) is 4.19. The van der Waals surface area contributed by atoms with Crippen molar-refractivity contribution in [2.75, 3.05) is 0 Å². The van der Waals surface area contributed by atoms with Crippen molar-refractivity contribution in [1.82, 2.24) is 4.98 Å². The maximum Gasteiger partial charge on any atom is 0.166 e. The average Bonchev–Trinajstić information content (AvgIpc) is 3.53. The molecule has 10 rings (SSSR count). The number of nitrogens with one attached hydrogen (secondary N) is 1. The highest BCUT2D eigenvalue weighted by atomic mass is 16.7. The molecular formula is C37H45NO6. The van der Waals surface area contributed by atoms with Crippen molar-refractivity contribution in [2.24, 2.45) is 29.1 Å². The molecule has 0 amide bonds. The van der Waals surface area contributed by atoms with E-state index in [1.54, 1.807) is 0 Å². The van der Waals surface area contributed by atoms with Crippen LogP contribution in [0.25, 0.3) is 10.9 Å². The minimum atomic E-state index is -1.20. The first-order valence-electron chi connectivity index (χ1n) is 17.0. The van der Waals surface area contributed by atoms with Crippen LogP contribution >= 0.6 is 0 Å². The van der Waals surface area contributed by atoms with Gasteiger partial charge < -0.3 is 29.4 Å². The number of benzene rings is 1. The van der Waals surface area contributed by atoms with E-state index in [-0.39, 0.29) is 35.4 Å². The lowest BCUT2D eigenvalue weighted by atomic mass is 9.40. The van der Waals surface area contributed by atoms with Gasteiger partial charge in [-0.2, -0.15) is 0 Å². The third kappa shape index (κ3) is 2.50. The van der Waals surface area contributed by atoms with E-state index in [1.165, 1.54) is 16.5 Å². The van der Waals surface area contributed by atoms with E-state index in [2.05, 4.69) is 58.3 Å². The monoisotopic (exact) mass is 599 g/mol. The van der Waals surface area contributed by atoms with E-state index in [0.717, 1.165) is 48.0 Å². The number of epoxide rings is 1. The second kappa shape index (κ2) is 7.57. The molecule has 0 radical (unpaired) electrons. The van der Waals surface area contributed by atoms with Crippen LogP contribution < -0.4 is 0 Å². The number of carbonyl (C=O) groups is 1. The summed E-state index contributed by atoms with van der Waals surface area (Å²) in [6.45, 7) is 17.3. The molecule has 7 nitrogen and oxygen atoms in total. The number of hydrogen-bond donors (Lipinski definition) is 3. The maximum atomic E-state index is 13.8. The van der Waals surface area contributed by atoms with E-state index >= 15 is 0 Å². The highest BCUT2D eigenvalue weighted by molar-refractivity contribution is 6.07. The third-order valence-electron chi connectivity index (χ3n) is 15.4. The fourth-order valence-corrected chi connectivity index (χ4v) is 12.9. The van der Waals surface area contributed by atoms with Crippen molar-refractivity contribution >= 4 is 16.7 Å². The highest BCUT2D eigenvalue weighted by Crippen LogP contribution is 2.77. The van der Waals surface area contributed by atoms with Gasteiger partial charge in [-0.15, -0.1) is 0 Å². The zero-order valence-corrected chi connectivity index (χ0v) is 26.7. The molecule has 1 aromatic heterocycles. The van der Waals surface area contributed by atoms with Crippen LogP contribution in [0.1, 0.15) is 113 Å². The average molecular weight is 600 g/mol. The predicted molar refractivity (Wildman–Crippen MR) is 163 cm³/mol. The van der Waals surface area contributed by atoms with Gasteiger partial charge in [0, 0.05) is 50.4 Å². The van der Waals surface area contributed by atoms with Crippen LogP contribution in [0, 0.1) is 29.1 Å². The summed E-state index contributed by atoms with van der Waals surface area (Å²) in [6.07, 6.45) is 1.65. The van der Waals surface area contributed by atoms with Crippen LogP contribution in [0.4, 0.5) is 0 Å². The Morgan fingerprint density at radius 3 is 2.59 bits per heavy atom. The predicted octanol–water partition coefficient (Wildman–Crippen LogP) is 5.62. The van der Waals surface area contributed by atoms with Crippen LogP contribution in [0.15, 0.2) is 24.3 Å². The molecule has 14 atom stereocenters. The summed E-state index contributed by atoms with van der Waals surface area (Å²) >= 11 is 0. The smallest absolute Gasteiger partial charge is 0.166 e. The summed E-state index contributed by atoms with van der Waals surface area (Å²) in [5, 5.41) is 25.8. The molecule has 44 heavy (non-hydrogen) atoms. The Hall–Kier alpha value is -2.03. The lowest BCUT2D eigenvalue weighted by Gasteiger charge is -2.66. The van der Waals surface area contributed by atoms with Gasteiger partial charge in [-0.3, -0.25) is 4.79 Å². The van der Waals surface area contributed by atoms with Crippen molar-refractivity contribution < 1.29 is 29.2 Å². The van der Waals surface area contributed by atoms with Crippen LogP contribution in [0.5, 0.6) is 0 Å². The lowest BCUT2D eigenvalue weighted by Crippen LogP contribution is -2.76. The van der Waals surface area contributed by atoms with Gasteiger partial charge in [0.2, 0.25) is 0 Å². The molecule has 2 saturated heterocycles. The summed E-state index contributed by atoms with van der Waals surface area (Å²) in [4.78, 5) is 17.7. The van der Waals surface area contributed by atoms with Gasteiger partial charge in [0.05, 0.1) is 17.8 Å². The number of aliphatic hydroxyl groups is 2. The SMILES string of the molecule is C=C(C)[C@@H]1O[C@@H]2CC[C@@]3(C)[C@](O)(CC[C@H]4[C@H]5OC(C)(C)[C@@H]6C[C@H]7[C@H]6c6c(ccc8[nH]c(c5c68)[C@]43C)C(=O)[C@H]7C)[C@]23O[C@@H]3[C@@H]1O. The third-order valence-corrected chi connectivity index (χ3v) is 15.4. The van der Waals surface area contributed by atoms with E-state index in [0.29, 0.717) is 24.2 Å². The lowest BCUT2D eigenvalue weighted by molar-refractivity contribution is -0.275. The number of fused-ring (bicyclic) bond motifs is 5. The van der Waals surface area contributed by atoms with Crippen molar-refractivity contribution in [2.45, 2.75) is 132 Å². The summed E-state index contributed by atoms with van der Waals surface area (Å²) in [5.41, 5.74) is 2.91. The van der Waals surface area contributed by atoms with E-state index < -0.39 is 40.3 Å². The molecule has 5 aliphatic carbocycles. The number of aromatic amines is 1. The fourth-order valence-electron chi connectivity index (χ4n) is 12.9. The van der Waals surface area contributed by atoms with Crippen molar-refractivity contribution in [3.05, 3.63) is 46.7 Å². The number of carbonyl (C=O) groups excluding carboxylic acids is 1. The summed E-state index contributed by atoms with van der Waals surface area (Å²) < 4.78 is 20.4. The fraction of sp³-hybridized carbons (Fsp3) is 0.703. The minimum absolute atomic E-state index is 0.0340. The molecule has 3 aliphatic heterocycles. The number of H-pyrrole nitrogens is 1. The van der Waals surface area contributed by atoms with Crippen LogP contribution in [0.2, 0.25) is 0 Å². The molecule has 4 heterocycles. The number of hydrogen-bond acceptors (Lipinski definition) is 6. The first-order chi connectivity index (χ1) is 20.7. The standard InChI is InChI=1S/C37H45NO6/c1-15(2)29-28(40)32-37(44-32)22(42-29)11-12-34(6)35(7)19(10-13-36(34,37)41)30-26-25-21(38-31(26)35)9-8-17-24(25)23-18(16(3)27(17)39)14-20(23)33(4,5)43-30/h8-9,16,18-20,22-23,28-30,32,38,40-41H,1,10-14H2,2-7H3/t16-,18+,19-,20+,22+,23+,28+,29-,30+,32+,34+,35-,36+,37-/m0/s1. The topological polar surface area (TPSA) is 104 Å². The second-order valence-corrected chi connectivity index (χ2v) is 17.0. The molecule has 8 aliphatic rings. The van der Waals surface area contributed by atoms with E-state index in [1.807, 2.05) is 6.92 Å². The second-order valence-electron chi connectivity index (χ2n) is 17.0. The van der Waals surface area contributed by atoms with Crippen molar-refractivity contribution in [1.29, 1.82) is 0 Å². The highest BCUT2D eigenvalue weighted by Gasteiger charge is 2.86. The van der Waals surface area contributed by atoms with Gasteiger partial charge in [-0.25, -0.2) is 0 Å². The molecule has 7 heteroatoms. The minimum Gasteiger partial charge on any atom is -0.387 e. The molecule has 234 valence electrons. The van der Waals surface area contributed by atoms with Gasteiger partial charge in [0.15, 0.2) is 11.4 Å². The number of aliphatic hydroxyl groups excluding tert-OH is 1. The van der Waals surface area contributed by atoms with Gasteiger partial charge >= 0.3 is 0 Å². The zero-order chi connectivity index (χ0) is 30.7. The van der Waals surface area contributed by atoms with E-state index in [9.17, 15) is 15.0 Å². The van der Waals surface area contributed by atoms with Gasteiger partial charge in [0.25, 0.3) is 0 Å². The number of ketones is 1. The quantitative estimate of drug-likeness (QED) is 0.290. The number of rotatable bonds is 1. The molecule has 2 aromatic rings. The first kappa shape index (κ1) is 27.1. The summed E-state index contributed by atoms with van der Waals surface area (Å²) in [7, 11) is 0. The van der Waals surface area contributed by atoms with Gasteiger partial charge in [-0.05, 0) is 93.9 Å². The number of aromatic nitrogens is 1. The van der Waals surface area contributed by atoms with Gasteiger partial charge in [-0.1, -0.05) is 27.4 Å². The number of Topliss-reactive ketones (excluding diaryl/α,β-unsaturated/α-hetero) is 1. The Balaban J connectivity index is 1.19. The normalized spacial score (nSPS) is 53.4. The Bertz CT molecular complexity index is 1730. The Kier molecular flexibility index (Phi) is 4.67. The van der Waals surface area contributed by atoms with Crippen LogP contribution in [-0.2, 0) is 19.6 Å². The van der Waals surface area contributed by atoms with Crippen molar-refractivity contribution in [3.8, 4) is 0 Å². The van der Waals surface area contributed by atoms with Crippen LogP contribution in [0.3, 0.4) is 0 Å². The van der Waals surface area contributed by atoms with Crippen molar-refractivity contribution in [3.63, 3.8) is 0 Å². The first-order valence-corrected chi connectivity index (χ1v) is 17.0. The molecule has 3 N–H and O–H groups in total. The molecule has 0 unspecified atom stereocenters. The van der Waals surface area contributed by atoms with E-state index in [4.69, 9.17) is 14.2 Å². The maximum absolute atomic E-state index is 13.8. The Morgan fingerprint density at radius 2 is 1.84 bits per heavy atom. The van der Waals surface area contributed by atoms with Crippen LogP contribution in [-0.4, -0.2) is 62.2 Å². The zero-order valence-electron chi connectivity index (χ0n) is 26.7. The molecular weight excluding hydrogens is 554 g/mol. The molecule has 3 saturated carbocycles. The van der Waals surface area contributed by atoms with Gasteiger partial charge in [0.1, 0.15) is 23.9 Å². The largest absolute Gasteiger partial charge is 0.387 e.